The molecule has 0 atom stereocenters. The monoisotopic (exact) mass is 970 g/mol. The van der Waals surface area contributed by atoms with E-state index in [-0.39, 0.29) is 38.1 Å². The number of nitrogens with two attached hydrogens (primary N) is 2. The van der Waals surface area contributed by atoms with Crippen molar-refractivity contribution >= 4 is 42.0 Å². The predicted molar refractivity (Wildman–Crippen MR) is 256 cm³/mol. The van der Waals surface area contributed by atoms with Crippen LogP contribution in [0.2, 0.25) is 0 Å². The van der Waals surface area contributed by atoms with Crippen LogP contribution in [-0.4, -0.2) is 154 Å². The molecule has 68 heavy (non-hydrogen) atoms. The normalized spacial score (nSPS) is 17.6. The number of aliphatic imine (C=N–C) groups is 2. The Morgan fingerprint density at radius 1 is 0.647 bits per heavy atom. The Bertz CT molecular complexity index is 1480. The van der Waals surface area contributed by atoms with Gasteiger partial charge in [0.25, 0.3) is 0 Å². The SMILES string of the molecule is CC(CO)(CO)C(=O)O.CCN(CC)CC.NCCN.O=C(O)CCCCC(=O)O.O=C1OC(=O)c2ccccc21.O=C=NC1CCC(CC2CCC(N=C=O)CC2)CC1.OCCCCCCO. The van der Waals surface area contributed by atoms with Crippen molar-refractivity contribution in [1.82, 2.24) is 4.90 Å². The van der Waals surface area contributed by atoms with Crippen molar-refractivity contribution in [3.05, 3.63) is 35.4 Å². The molecule has 1 aromatic rings. The quantitative estimate of drug-likeness (QED) is 0.0264. The van der Waals surface area contributed by atoms with Crippen molar-refractivity contribution in [3.63, 3.8) is 0 Å². The van der Waals surface area contributed by atoms with Gasteiger partial charge in [0.2, 0.25) is 12.2 Å². The number of esters is 2. The summed E-state index contributed by atoms with van der Waals surface area (Å²) in [5.41, 5.74) is 9.13. The van der Waals surface area contributed by atoms with Crippen LogP contribution in [0.5, 0.6) is 0 Å². The fraction of sp³-hybridized carbons (Fsp3) is 0.729. The molecule has 3 aliphatic rings. The van der Waals surface area contributed by atoms with Crippen LogP contribution in [0.25, 0.3) is 0 Å². The summed E-state index contributed by atoms with van der Waals surface area (Å²) in [6.45, 7) is 12.1. The molecule has 1 heterocycles. The molecule has 4 rings (SSSR count). The zero-order valence-electron chi connectivity index (χ0n) is 40.9. The molecule has 0 spiro atoms. The average molecular weight is 970 g/mol. The lowest BCUT2D eigenvalue weighted by Crippen LogP contribution is -2.35. The van der Waals surface area contributed by atoms with Gasteiger partial charge in [-0.25, -0.2) is 29.2 Å². The fourth-order valence-corrected chi connectivity index (χ4v) is 6.66. The van der Waals surface area contributed by atoms with E-state index in [9.17, 15) is 33.6 Å². The molecule has 2 fully saturated rings. The van der Waals surface area contributed by atoms with Crippen LogP contribution < -0.4 is 11.5 Å². The minimum atomic E-state index is -1.39. The molecule has 2 saturated carbocycles. The third-order valence-electron chi connectivity index (χ3n) is 11.1. The number of aliphatic hydroxyl groups is 4. The lowest BCUT2D eigenvalue weighted by Gasteiger charge is -2.31. The Hall–Kier alpha value is -4.75. The van der Waals surface area contributed by atoms with Gasteiger partial charge in [0.05, 0.1) is 36.4 Å². The number of carbonyl (C=O) groups is 5. The number of unbranched alkanes of at least 4 members (excludes halogenated alkanes) is 4. The molecule has 0 amide bonds. The average Bonchev–Trinajstić information content (AvgIpc) is 3.64. The molecule has 0 unspecified atom stereocenters. The lowest BCUT2D eigenvalue weighted by molar-refractivity contribution is -0.153. The van der Waals surface area contributed by atoms with Crippen molar-refractivity contribution in [2.75, 3.05) is 59.2 Å². The molecule has 0 radical (unpaired) electrons. The van der Waals surface area contributed by atoms with Crippen LogP contribution in [0.1, 0.15) is 158 Å². The van der Waals surface area contributed by atoms with E-state index < -0.39 is 48.5 Å². The van der Waals surface area contributed by atoms with Crippen LogP contribution in [0.15, 0.2) is 34.3 Å². The third kappa shape index (κ3) is 35.4. The van der Waals surface area contributed by atoms with Crippen LogP contribution in [0.4, 0.5) is 0 Å². The standard InChI is InChI=1S/C15H22N2O2.C8H4O3.C6H15N.C6H10O4.C6H14O2.C5H10O4.C2H8N2/c18-10-16-14-5-1-12(2-6-14)9-13-3-7-15(8-4-13)17-11-19;9-7-5-3-1-2-4-6(5)8(10)11-7;1-4-7(5-2)6-3;7-5(8)3-1-2-4-6(9)10;7-5-3-1-2-4-6-8;1-5(2-6,3-7)4(8)9;3-1-2-4/h12-15H,1-9H2;1-4H;4-6H2,1-3H3;1-4H2,(H,7,8)(H,9,10);7-8H,1-6H2;6-7H,2-3H2,1H3,(H,8,9);1-4H2. The van der Waals surface area contributed by atoms with Gasteiger partial charge in [-0.1, -0.05) is 45.7 Å². The first-order valence-corrected chi connectivity index (χ1v) is 23.7. The summed E-state index contributed by atoms with van der Waals surface area (Å²) in [4.78, 5) is 82.1. The highest BCUT2D eigenvalue weighted by molar-refractivity contribution is 6.14. The van der Waals surface area contributed by atoms with Crippen molar-refractivity contribution in [2.24, 2.45) is 38.7 Å². The van der Waals surface area contributed by atoms with Crippen LogP contribution in [0, 0.1) is 17.3 Å². The number of fused-ring (bicyclic) bond motifs is 1. The highest BCUT2D eigenvalue weighted by Gasteiger charge is 2.31. The van der Waals surface area contributed by atoms with Crippen molar-refractivity contribution < 1.29 is 74.0 Å². The number of hydrogen-bond acceptors (Lipinski definition) is 17. The van der Waals surface area contributed by atoms with Gasteiger partial charge in [0, 0.05) is 39.1 Å². The van der Waals surface area contributed by atoms with Gasteiger partial charge >= 0.3 is 29.8 Å². The van der Waals surface area contributed by atoms with Crippen LogP contribution in [0.3, 0.4) is 0 Å². The molecule has 11 N–H and O–H groups in total. The van der Waals surface area contributed by atoms with E-state index in [4.69, 9.17) is 47.2 Å². The van der Waals surface area contributed by atoms with Gasteiger partial charge in [0.1, 0.15) is 5.41 Å². The number of aliphatic hydroxyl groups excluding tert-OH is 4. The van der Waals surface area contributed by atoms with Gasteiger partial charge < -0.3 is 56.8 Å². The number of carbonyl (C=O) groups excluding carboxylic acids is 4. The molecule has 1 aliphatic heterocycles. The van der Waals surface area contributed by atoms with E-state index in [1.807, 2.05) is 0 Å². The summed E-state index contributed by atoms with van der Waals surface area (Å²) in [6.07, 6.45) is 18.5. The van der Waals surface area contributed by atoms with Gasteiger partial charge in [-0.3, -0.25) is 14.4 Å². The summed E-state index contributed by atoms with van der Waals surface area (Å²) in [5, 5.41) is 58.0. The second-order valence-electron chi connectivity index (χ2n) is 16.5. The second kappa shape index (κ2) is 44.7. The van der Waals surface area contributed by atoms with E-state index in [1.54, 1.807) is 36.4 Å². The number of benzene rings is 1. The zero-order chi connectivity index (χ0) is 52.2. The number of cyclic esters (lactones) is 2. The summed E-state index contributed by atoms with van der Waals surface area (Å²) in [5.74, 6) is -2.43. The molecular weight excluding hydrogens is 887 g/mol. The summed E-state index contributed by atoms with van der Waals surface area (Å²) in [6, 6.07) is 6.99. The van der Waals surface area contributed by atoms with Crippen molar-refractivity contribution in [3.8, 4) is 0 Å². The van der Waals surface area contributed by atoms with Crippen molar-refractivity contribution in [1.29, 1.82) is 0 Å². The first-order valence-electron chi connectivity index (χ1n) is 23.7. The summed E-state index contributed by atoms with van der Waals surface area (Å²) in [7, 11) is 0. The van der Waals surface area contributed by atoms with Crippen LogP contribution in [-0.2, 0) is 28.7 Å². The molecule has 1 aromatic carbocycles. The first-order chi connectivity index (χ1) is 32.5. The maximum atomic E-state index is 10.8. The number of hydrogen-bond donors (Lipinski definition) is 9. The largest absolute Gasteiger partial charge is 0.481 e. The van der Waals surface area contributed by atoms with Gasteiger partial charge in [-0.15, -0.1) is 0 Å². The molecule has 0 saturated heterocycles. The second-order valence-corrected chi connectivity index (χ2v) is 16.5. The first kappa shape index (κ1) is 67.5. The number of aliphatic carboxylic acids is 3. The number of carboxylic acid groups (broad SMARTS) is 3. The van der Waals surface area contributed by atoms with Gasteiger partial charge in [0.15, 0.2) is 0 Å². The fourth-order valence-electron chi connectivity index (χ4n) is 6.66. The highest BCUT2D eigenvalue weighted by atomic mass is 16.6. The lowest BCUT2D eigenvalue weighted by atomic mass is 9.76. The Labute approximate surface area is 402 Å². The third-order valence-corrected chi connectivity index (χ3v) is 11.1. The Balaban J connectivity index is -0.000000761. The molecule has 390 valence electrons. The van der Waals surface area contributed by atoms with E-state index in [1.165, 1.54) is 58.7 Å². The van der Waals surface area contributed by atoms with E-state index in [0.717, 1.165) is 63.2 Å². The maximum Gasteiger partial charge on any atom is 0.346 e. The smallest absolute Gasteiger partial charge is 0.346 e. The minimum absolute atomic E-state index is 0.0628. The maximum absolute atomic E-state index is 10.8. The van der Waals surface area contributed by atoms with E-state index in [0.29, 0.717) is 37.1 Å². The summed E-state index contributed by atoms with van der Waals surface area (Å²) < 4.78 is 4.35. The number of nitrogens with zero attached hydrogens (tertiary/aromatic N) is 3. The number of isocyanates is 2. The highest BCUT2D eigenvalue weighted by Crippen LogP contribution is 2.36. The summed E-state index contributed by atoms with van der Waals surface area (Å²) >= 11 is 0. The molecular formula is C48H83N5O15. The predicted octanol–water partition coefficient (Wildman–Crippen LogP) is 4.72. The number of ether oxygens (including phenoxy) is 1. The zero-order valence-corrected chi connectivity index (χ0v) is 40.9. The molecule has 0 aromatic heterocycles. The van der Waals surface area contributed by atoms with E-state index >= 15 is 0 Å². The molecule has 0 bridgehead atoms. The Morgan fingerprint density at radius 3 is 1.22 bits per heavy atom. The molecule has 20 heteroatoms. The Morgan fingerprint density at radius 2 is 1.00 bits per heavy atom. The Kier molecular flexibility index (Phi) is 44.4. The minimum Gasteiger partial charge on any atom is -0.481 e. The van der Waals surface area contributed by atoms with Crippen LogP contribution >= 0.6 is 0 Å². The molecule has 20 nitrogen and oxygen atoms in total. The number of rotatable bonds is 21. The van der Waals surface area contributed by atoms with Gasteiger partial charge in [-0.05, 0) is 134 Å². The topological polar surface area (TPSA) is 350 Å². The van der Waals surface area contributed by atoms with Crippen molar-refractivity contribution in [2.45, 2.75) is 149 Å². The van der Waals surface area contributed by atoms with Gasteiger partial charge in [-0.2, -0.15) is 0 Å². The van der Waals surface area contributed by atoms with E-state index in [2.05, 4.69) is 40.4 Å². The number of carboxylic acids is 3. The molecule has 2 aliphatic carbocycles.